The Morgan fingerprint density at radius 3 is 2.33 bits per heavy atom. The van der Waals surface area contributed by atoms with Gasteiger partial charge >= 0.3 is 5.97 Å². The van der Waals surface area contributed by atoms with Crippen LogP contribution in [-0.2, 0) is 14.9 Å². The molecule has 2 heterocycles. The lowest BCUT2D eigenvalue weighted by Gasteiger charge is -2.38. The van der Waals surface area contributed by atoms with Crippen LogP contribution in [-0.4, -0.2) is 65.8 Å². The van der Waals surface area contributed by atoms with E-state index in [-0.39, 0.29) is 5.41 Å². The molecule has 0 aliphatic carbocycles. The van der Waals surface area contributed by atoms with Gasteiger partial charge in [0.1, 0.15) is 18.3 Å². The summed E-state index contributed by atoms with van der Waals surface area (Å²) < 4.78 is 6.30. The third-order valence-corrected chi connectivity index (χ3v) is 3.37. The number of aliphatic hydroxyl groups is 3. The van der Waals surface area contributed by atoms with Crippen LogP contribution in [0.15, 0.2) is 6.20 Å². The highest BCUT2D eigenvalue weighted by Gasteiger charge is 2.48. The maximum absolute atomic E-state index is 11.0. The molecule has 1 aliphatic heterocycles. The van der Waals surface area contributed by atoms with Gasteiger partial charge in [-0.2, -0.15) is 0 Å². The second-order valence-electron chi connectivity index (χ2n) is 6.09. The van der Waals surface area contributed by atoms with Gasteiger partial charge in [0.05, 0.1) is 11.9 Å². The van der Waals surface area contributed by atoms with Gasteiger partial charge in [-0.15, -0.1) is 5.10 Å². The molecule has 0 saturated carbocycles. The summed E-state index contributed by atoms with van der Waals surface area (Å²) in [4.78, 5) is 11.0. The van der Waals surface area contributed by atoms with Gasteiger partial charge in [-0.1, -0.05) is 26.0 Å². The average molecular weight is 301 g/mol. The van der Waals surface area contributed by atoms with Crippen molar-refractivity contribution in [3.63, 3.8) is 0 Å². The number of carbonyl (C=O) groups is 1. The lowest BCUT2D eigenvalue weighted by molar-refractivity contribution is -0.249. The zero-order chi connectivity index (χ0) is 15.9. The third kappa shape index (κ3) is 2.91. The van der Waals surface area contributed by atoms with Crippen molar-refractivity contribution in [3.8, 4) is 0 Å². The Bertz CT molecular complexity index is 525. The zero-order valence-corrected chi connectivity index (χ0v) is 11.9. The molecule has 0 amide bonds. The van der Waals surface area contributed by atoms with Gasteiger partial charge in [0.15, 0.2) is 12.3 Å². The molecule has 0 spiro atoms. The minimum atomic E-state index is -1.72. The standard InChI is InChI=1S/C12H19N3O6/c1-12(2,3)5-4-15(14-13-5)10-8(18)6(16)7(17)9(21-10)11(19)20/h4,6-10,16-18H,1-3H3,(H,19,20)/t6-,7-,8+,9+,10-/m0/s1. The lowest BCUT2D eigenvalue weighted by atomic mass is 9.93. The highest BCUT2D eigenvalue weighted by Crippen LogP contribution is 2.29. The van der Waals surface area contributed by atoms with Crippen molar-refractivity contribution < 1.29 is 30.0 Å². The van der Waals surface area contributed by atoms with Gasteiger partial charge in [0, 0.05) is 5.41 Å². The van der Waals surface area contributed by atoms with E-state index in [0.29, 0.717) is 5.69 Å². The van der Waals surface area contributed by atoms with E-state index >= 15 is 0 Å². The highest BCUT2D eigenvalue weighted by molar-refractivity contribution is 5.73. The molecule has 1 aliphatic rings. The minimum absolute atomic E-state index is 0.289. The molecule has 9 nitrogen and oxygen atoms in total. The maximum atomic E-state index is 11.0. The first-order valence-corrected chi connectivity index (χ1v) is 6.47. The smallest absolute Gasteiger partial charge is 0.335 e. The van der Waals surface area contributed by atoms with Crippen LogP contribution in [0.2, 0.25) is 0 Å². The Morgan fingerprint density at radius 2 is 1.86 bits per heavy atom. The number of nitrogens with zero attached hydrogens (tertiary/aromatic N) is 3. The molecule has 0 bridgehead atoms. The fourth-order valence-corrected chi connectivity index (χ4v) is 2.03. The normalized spacial score (nSPS) is 33.9. The van der Waals surface area contributed by atoms with Crippen LogP contribution in [0.1, 0.15) is 32.7 Å². The Hall–Kier alpha value is -1.55. The zero-order valence-electron chi connectivity index (χ0n) is 11.9. The second-order valence-corrected chi connectivity index (χ2v) is 6.09. The van der Waals surface area contributed by atoms with Crippen molar-refractivity contribution in [2.45, 2.75) is 56.8 Å². The second kappa shape index (κ2) is 5.34. The summed E-state index contributed by atoms with van der Waals surface area (Å²) in [5.41, 5.74) is 0.327. The Morgan fingerprint density at radius 1 is 1.24 bits per heavy atom. The van der Waals surface area contributed by atoms with Crippen LogP contribution in [0, 0.1) is 0 Å². The molecule has 0 aromatic carbocycles. The molecule has 4 N–H and O–H groups in total. The van der Waals surface area contributed by atoms with Crippen LogP contribution >= 0.6 is 0 Å². The summed E-state index contributed by atoms with van der Waals surface area (Å²) in [6.45, 7) is 5.74. The first-order chi connectivity index (χ1) is 9.62. The number of hydrogen-bond donors (Lipinski definition) is 4. The summed E-state index contributed by atoms with van der Waals surface area (Å²) in [5.74, 6) is -1.44. The van der Waals surface area contributed by atoms with E-state index in [1.807, 2.05) is 20.8 Å². The third-order valence-electron chi connectivity index (χ3n) is 3.37. The highest BCUT2D eigenvalue weighted by atomic mass is 16.6. The van der Waals surface area contributed by atoms with Gasteiger partial charge in [-0.05, 0) is 0 Å². The van der Waals surface area contributed by atoms with E-state index in [1.54, 1.807) is 0 Å². The summed E-state index contributed by atoms with van der Waals surface area (Å²) in [5, 5.41) is 46.1. The largest absolute Gasteiger partial charge is 0.479 e. The molecule has 5 atom stereocenters. The first kappa shape index (κ1) is 15.8. The predicted molar refractivity (Wildman–Crippen MR) is 68.3 cm³/mol. The van der Waals surface area contributed by atoms with E-state index in [9.17, 15) is 20.1 Å². The van der Waals surface area contributed by atoms with Crippen LogP contribution in [0.3, 0.4) is 0 Å². The van der Waals surface area contributed by atoms with Gasteiger partial charge < -0.3 is 25.2 Å². The van der Waals surface area contributed by atoms with Gasteiger partial charge in [0.25, 0.3) is 0 Å². The van der Waals surface area contributed by atoms with E-state index in [2.05, 4.69) is 10.3 Å². The number of aliphatic hydroxyl groups excluding tert-OH is 3. The van der Waals surface area contributed by atoms with Crippen LogP contribution in [0.5, 0.6) is 0 Å². The number of carboxylic acid groups (broad SMARTS) is 1. The van der Waals surface area contributed by atoms with E-state index in [4.69, 9.17) is 9.84 Å². The average Bonchev–Trinajstić information content (AvgIpc) is 2.85. The number of hydrogen-bond acceptors (Lipinski definition) is 7. The molecule has 21 heavy (non-hydrogen) atoms. The van der Waals surface area contributed by atoms with Crippen molar-refractivity contribution >= 4 is 5.97 Å². The molecular weight excluding hydrogens is 282 g/mol. The lowest BCUT2D eigenvalue weighted by Crippen LogP contribution is -2.57. The van der Waals surface area contributed by atoms with Gasteiger partial charge in [-0.25, -0.2) is 9.48 Å². The fourth-order valence-electron chi connectivity index (χ4n) is 2.03. The Kier molecular flexibility index (Phi) is 4.02. The minimum Gasteiger partial charge on any atom is -0.479 e. The topological polar surface area (TPSA) is 138 Å². The van der Waals surface area contributed by atoms with Crippen molar-refractivity contribution in [1.82, 2.24) is 15.0 Å². The van der Waals surface area contributed by atoms with Gasteiger partial charge in [0.2, 0.25) is 0 Å². The molecular formula is C12H19N3O6. The van der Waals surface area contributed by atoms with E-state index in [0.717, 1.165) is 4.68 Å². The quantitative estimate of drug-likeness (QED) is 0.525. The Labute approximate surface area is 120 Å². The summed E-state index contributed by atoms with van der Waals surface area (Å²) >= 11 is 0. The van der Waals surface area contributed by atoms with Crippen LogP contribution in [0.4, 0.5) is 0 Å². The van der Waals surface area contributed by atoms with Crippen molar-refractivity contribution in [3.05, 3.63) is 11.9 Å². The van der Waals surface area contributed by atoms with Crippen molar-refractivity contribution in [1.29, 1.82) is 0 Å². The SMILES string of the molecule is CC(C)(C)c1cn([C@H]2O[C@@H](C(=O)O)[C@@H](O)[C@H](O)[C@H]2O)nn1. The molecule has 1 aromatic rings. The molecule has 0 radical (unpaired) electrons. The first-order valence-electron chi connectivity index (χ1n) is 6.47. The van der Waals surface area contributed by atoms with E-state index in [1.165, 1.54) is 6.20 Å². The maximum Gasteiger partial charge on any atom is 0.335 e. The molecule has 9 heteroatoms. The molecule has 0 unspecified atom stereocenters. The van der Waals surface area contributed by atoms with Crippen molar-refractivity contribution in [2.75, 3.05) is 0 Å². The molecule has 2 rings (SSSR count). The van der Waals surface area contributed by atoms with Crippen LogP contribution in [0.25, 0.3) is 0 Å². The molecule has 1 fully saturated rings. The summed E-state index contributed by atoms with van der Waals surface area (Å²) in [6, 6.07) is 0. The summed E-state index contributed by atoms with van der Waals surface area (Å²) in [7, 11) is 0. The Balaban J connectivity index is 2.29. The number of aliphatic carboxylic acids is 1. The number of carboxylic acids is 1. The van der Waals surface area contributed by atoms with E-state index < -0.39 is 36.6 Å². The number of ether oxygens (including phenoxy) is 1. The number of rotatable bonds is 2. The molecule has 1 aromatic heterocycles. The van der Waals surface area contributed by atoms with Gasteiger partial charge in [-0.3, -0.25) is 0 Å². The predicted octanol–water partition coefficient (Wildman–Crippen LogP) is -1.36. The van der Waals surface area contributed by atoms with Crippen molar-refractivity contribution in [2.24, 2.45) is 0 Å². The van der Waals surface area contributed by atoms with Crippen LogP contribution < -0.4 is 0 Å². The molecule has 118 valence electrons. The monoisotopic (exact) mass is 301 g/mol. The molecule has 1 saturated heterocycles. The fraction of sp³-hybridized carbons (Fsp3) is 0.750. The summed E-state index contributed by atoms with van der Waals surface area (Å²) in [6.07, 6.45) is -6.29. The number of aromatic nitrogens is 3.